The number of aliphatic hydroxyl groups excluding tert-OH is 2. The second-order valence-corrected chi connectivity index (χ2v) is 7.95. The van der Waals surface area contributed by atoms with E-state index in [0.717, 1.165) is 18.4 Å². The van der Waals surface area contributed by atoms with Gasteiger partial charge < -0.3 is 10.2 Å². The number of allylic oxidation sites excluding steroid dienone is 2. The average molecular weight is 318 g/mol. The number of fused-ring (bicyclic) bond motifs is 1. The molecule has 1 fully saturated rings. The van der Waals surface area contributed by atoms with Crippen molar-refractivity contribution in [3.63, 3.8) is 0 Å². The van der Waals surface area contributed by atoms with Gasteiger partial charge in [0.25, 0.3) is 0 Å². The first kappa shape index (κ1) is 18.2. The Morgan fingerprint density at radius 1 is 1.04 bits per heavy atom. The Kier molecular flexibility index (Phi) is 5.32. The first-order chi connectivity index (χ1) is 10.6. The van der Waals surface area contributed by atoms with Gasteiger partial charge in [0.1, 0.15) is 6.10 Å². The van der Waals surface area contributed by atoms with Gasteiger partial charge in [-0.05, 0) is 68.9 Å². The molecule has 0 aromatic heterocycles. The van der Waals surface area contributed by atoms with E-state index >= 15 is 0 Å². The SMILES string of the molecule is C/C1=C\[C@@H](O)C/C(C)=C/[C@@H](O)C(=O)/C(C)=C/[C@@H]2[C@@H](CC1)C2(C)C. The number of Topliss-reactive ketones (excluding diaryl/α,β-unsaturated/α-hetero) is 1. The lowest BCUT2D eigenvalue weighted by Gasteiger charge is -2.12. The lowest BCUT2D eigenvalue weighted by molar-refractivity contribution is -0.121. The van der Waals surface area contributed by atoms with Gasteiger partial charge in [-0.1, -0.05) is 37.1 Å². The molecule has 0 aliphatic heterocycles. The van der Waals surface area contributed by atoms with Crippen LogP contribution in [0.5, 0.6) is 0 Å². The molecule has 4 atom stereocenters. The maximum Gasteiger partial charge on any atom is 0.190 e. The van der Waals surface area contributed by atoms with Crippen molar-refractivity contribution in [1.29, 1.82) is 0 Å². The summed E-state index contributed by atoms with van der Waals surface area (Å²) in [6.45, 7) is 10.2. The van der Waals surface area contributed by atoms with Crippen molar-refractivity contribution in [1.82, 2.24) is 0 Å². The third-order valence-electron chi connectivity index (χ3n) is 5.53. The number of carbonyl (C=O) groups is 1. The normalized spacial score (nSPS) is 42.2. The first-order valence-corrected chi connectivity index (χ1v) is 8.56. The van der Waals surface area contributed by atoms with Crippen LogP contribution in [0.4, 0.5) is 0 Å². The minimum atomic E-state index is -1.12. The standard InChI is InChI=1S/C20H30O3/c1-12-6-7-16-17(20(16,4)5)11-14(3)19(23)18(22)10-13(2)9-15(21)8-12/h8,10-11,15-18,21-22H,6-7,9H2,1-5H3/b12-8+,13-10+,14-11+/t15-,16-,17-,18-/m1/s1. The molecule has 0 bridgehead atoms. The van der Waals surface area contributed by atoms with Crippen molar-refractivity contribution >= 4 is 5.78 Å². The van der Waals surface area contributed by atoms with Gasteiger partial charge in [0, 0.05) is 0 Å². The second-order valence-electron chi connectivity index (χ2n) is 7.95. The summed E-state index contributed by atoms with van der Waals surface area (Å²) in [6, 6.07) is 0. The highest BCUT2D eigenvalue weighted by Gasteiger charge is 2.55. The van der Waals surface area contributed by atoms with E-state index in [1.165, 1.54) is 5.57 Å². The smallest absolute Gasteiger partial charge is 0.190 e. The highest BCUT2D eigenvalue weighted by molar-refractivity contribution is 5.99. The fourth-order valence-corrected chi connectivity index (χ4v) is 3.85. The Hall–Kier alpha value is -1.19. The third-order valence-corrected chi connectivity index (χ3v) is 5.53. The summed E-state index contributed by atoms with van der Waals surface area (Å²) >= 11 is 0. The molecule has 2 rings (SSSR count). The summed E-state index contributed by atoms with van der Waals surface area (Å²) < 4.78 is 0. The largest absolute Gasteiger partial charge is 0.389 e. The molecular weight excluding hydrogens is 288 g/mol. The minimum Gasteiger partial charge on any atom is -0.389 e. The number of carbonyl (C=O) groups excluding carboxylic acids is 1. The molecule has 0 unspecified atom stereocenters. The molecular formula is C20H30O3. The van der Waals surface area contributed by atoms with E-state index in [1.54, 1.807) is 13.0 Å². The lowest BCUT2D eigenvalue weighted by atomic mass is 9.99. The topological polar surface area (TPSA) is 57.5 Å². The number of rotatable bonds is 0. The second kappa shape index (κ2) is 6.74. The van der Waals surface area contributed by atoms with Crippen LogP contribution in [0.1, 0.15) is 53.9 Å². The first-order valence-electron chi connectivity index (χ1n) is 8.56. The third kappa shape index (κ3) is 4.21. The van der Waals surface area contributed by atoms with Crippen LogP contribution in [0, 0.1) is 17.3 Å². The highest BCUT2D eigenvalue weighted by atomic mass is 16.3. The van der Waals surface area contributed by atoms with E-state index < -0.39 is 12.2 Å². The summed E-state index contributed by atoms with van der Waals surface area (Å²) in [7, 11) is 0. The number of hydrogen-bond donors (Lipinski definition) is 2. The number of ketones is 1. The number of aliphatic hydroxyl groups is 2. The Balaban J connectivity index is 2.30. The van der Waals surface area contributed by atoms with Crippen LogP contribution in [0.3, 0.4) is 0 Å². The van der Waals surface area contributed by atoms with Crippen LogP contribution in [0.2, 0.25) is 0 Å². The van der Waals surface area contributed by atoms with Crippen molar-refractivity contribution in [2.45, 2.75) is 66.1 Å². The van der Waals surface area contributed by atoms with E-state index in [1.807, 2.05) is 13.0 Å². The predicted molar refractivity (Wildman–Crippen MR) is 92.9 cm³/mol. The van der Waals surface area contributed by atoms with E-state index in [0.29, 0.717) is 23.8 Å². The molecule has 128 valence electrons. The predicted octanol–water partition coefficient (Wildman–Crippen LogP) is 3.57. The van der Waals surface area contributed by atoms with Gasteiger partial charge in [0.15, 0.2) is 5.78 Å². The van der Waals surface area contributed by atoms with Gasteiger partial charge in [-0.2, -0.15) is 0 Å². The Morgan fingerprint density at radius 3 is 2.35 bits per heavy atom. The van der Waals surface area contributed by atoms with Crippen LogP contribution < -0.4 is 0 Å². The average Bonchev–Trinajstić information content (AvgIpc) is 2.94. The Morgan fingerprint density at radius 2 is 1.70 bits per heavy atom. The zero-order valence-corrected chi connectivity index (χ0v) is 15.0. The molecule has 0 heterocycles. The molecule has 0 spiro atoms. The van der Waals surface area contributed by atoms with E-state index in [2.05, 4.69) is 26.8 Å². The van der Waals surface area contributed by atoms with Crippen LogP contribution in [0.15, 0.2) is 34.9 Å². The van der Waals surface area contributed by atoms with Crippen LogP contribution in [-0.2, 0) is 4.79 Å². The summed E-state index contributed by atoms with van der Waals surface area (Å²) in [5.41, 5.74) is 2.89. The van der Waals surface area contributed by atoms with Crippen molar-refractivity contribution < 1.29 is 15.0 Å². The van der Waals surface area contributed by atoms with Gasteiger partial charge in [0.05, 0.1) is 6.10 Å². The summed E-state index contributed by atoms with van der Waals surface area (Å²) in [4.78, 5) is 12.3. The van der Waals surface area contributed by atoms with E-state index in [4.69, 9.17) is 0 Å². The lowest BCUT2D eigenvalue weighted by Crippen LogP contribution is -2.20. The van der Waals surface area contributed by atoms with Gasteiger partial charge in [0.2, 0.25) is 0 Å². The molecule has 0 saturated heterocycles. The maximum absolute atomic E-state index is 12.3. The molecule has 0 aromatic rings. The van der Waals surface area contributed by atoms with Crippen molar-refractivity contribution in [3.05, 3.63) is 34.9 Å². The number of hydrogen-bond acceptors (Lipinski definition) is 3. The van der Waals surface area contributed by atoms with Crippen LogP contribution in [-0.4, -0.2) is 28.2 Å². The fourth-order valence-electron chi connectivity index (χ4n) is 3.85. The van der Waals surface area contributed by atoms with Crippen molar-refractivity contribution in [2.24, 2.45) is 17.3 Å². The molecule has 3 nitrogen and oxygen atoms in total. The molecule has 0 amide bonds. The molecule has 2 N–H and O–H groups in total. The molecule has 23 heavy (non-hydrogen) atoms. The molecule has 2 aliphatic rings. The van der Waals surface area contributed by atoms with Gasteiger partial charge in [-0.25, -0.2) is 0 Å². The summed E-state index contributed by atoms with van der Waals surface area (Å²) in [6.07, 6.45) is 6.34. The van der Waals surface area contributed by atoms with Gasteiger partial charge in [-0.3, -0.25) is 4.79 Å². The van der Waals surface area contributed by atoms with Crippen LogP contribution in [0.25, 0.3) is 0 Å². The molecule has 1 saturated carbocycles. The maximum atomic E-state index is 12.3. The quantitative estimate of drug-likeness (QED) is 0.671. The molecule has 0 aromatic carbocycles. The molecule has 2 aliphatic carbocycles. The highest BCUT2D eigenvalue weighted by Crippen LogP contribution is 2.61. The Bertz CT molecular complexity index is 565. The van der Waals surface area contributed by atoms with Crippen molar-refractivity contribution in [3.8, 4) is 0 Å². The van der Waals surface area contributed by atoms with E-state index in [9.17, 15) is 15.0 Å². The van der Waals surface area contributed by atoms with Crippen molar-refractivity contribution in [2.75, 3.05) is 0 Å². The van der Waals surface area contributed by atoms with Crippen LogP contribution >= 0.6 is 0 Å². The van der Waals surface area contributed by atoms with Gasteiger partial charge in [-0.15, -0.1) is 0 Å². The molecule has 0 radical (unpaired) electrons. The zero-order chi connectivity index (χ0) is 17.4. The molecule has 3 heteroatoms. The Labute approximate surface area is 139 Å². The fraction of sp³-hybridized carbons (Fsp3) is 0.650. The minimum absolute atomic E-state index is 0.206. The zero-order valence-electron chi connectivity index (χ0n) is 15.0. The monoisotopic (exact) mass is 318 g/mol. The summed E-state index contributed by atoms with van der Waals surface area (Å²) in [5.74, 6) is 0.719. The van der Waals surface area contributed by atoms with Gasteiger partial charge >= 0.3 is 0 Å². The van der Waals surface area contributed by atoms with E-state index in [-0.39, 0.29) is 11.2 Å². The summed E-state index contributed by atoms with van der Waals surface area (Å²) in [5, 5.41) is 20.3.